The van der Waals surface area contributed by atoms with Gasteiger partial charge in [-0.05, 0) is 31.2 Å². The van der Waals surface area contributed by atoms with E-state index in [-0.39, 0.29) is 6.61 Å². The number of nitrogens with zero attached hydrogens (tertiary/aromatic N) is 1. The minimum atomic E-state index is -3.29. The Balaban J connectivity index is 2.85. The number of benzene rings is 1. The number of carbonyl (C=O) groups is 1. The molecule has 0 heterocycles. The molecule has 2 N–H and O–H groups in total. The smallest absolute Gasteiger partial charge is 0.255 e. The van der Waals surface area contributed by atoms with Crippen LogP contribution in [0.5, 0.6) is 5.75 Å². The maximum atomic E-state index is 11.5. The molecule has 0 fully saturated rings. The molecule has 6 nitrogen and oxygen atoms in total. The first-order chi connectivity index (χ1) is 8.34. The summed E-state index contributed by atoms with van der Waals surface area (Å²) in [7, 11) is -3.29. The quantitative estimate of drug-likeness (QED) is 0.808. The maximum absolute atomic E-state index is 11.5. The number of ether oxygens (including phenoxy) is 1. The average molecular weight is 272 g/mol. The van der Waals surface area contributed by atoms with Crippen LogP contribution in [0.2, 0.25) is 0 Å². The lowest BCUT2D eigenvalue weighted by Gasteiger charge is -2.20. The molecule has 0 aliphatic carbocycles. The van der Waals surface area contributed by atoms with Crippen molar-refractivity contribution in [2.75, 3.05) is 23.7 Å². The molecule has 1 amide bonds. The molecule has 0 radical (unpaired) electrons. The van der Waals surface area contributed by atoms with Crippen LogP contribution < -0.4 is 14.8 Å². The number of sulfonamides is 1. The van der Waals surface area contributed by atoms with Crippen LogP contribution in [-0.4, -0.2) is 33.7 Å². The highest BCUT2D eigenvalue weighted by Crippen LogP contribution is 2.21. The lowest BCUT2D eigenvalue weighted by molar-refractivity contribution is -0.119. The Morgan fingerprint density at radius 2 is 1.89 bits per heavy atom. The van der Waals surface area contributed by atoms with E-state index in [9.17, 15) is 13.2 Å². The number of amides is 1. The van der Waals surface area contributed by atoms with E-state index < -0.39 is 15.9 Å². The van der Waals surface area contributed by atoms with Crippen LogP contribution in [0.1, 0.15) is 6.92 Å². The summed E-state index contributed by atoms with van der Waals surface area (Å²) in [6, 6.07) is 6.40. The maximum Gasteiger partial charge on any atom is 0.255 e. The minimum Gasteiger partial charge on any atom is -0.484 e. The Morgan fingerprint density at radius 1 is 1.33 bits per heavy atom. The Kier molecular flexibility index (Phi) is 4.55. The predicted molar refractivity (Wildman–Crippen MR) is 69.0 cm³/mol. The van der Waals surface area contributed by atoms with Crippen LogP contribution in [0.25, 0.3) is 0 Å². The van der Waals surface area contributed by atoms with E-state index in [1.165, 1.54) is 4.31 Å². The Labute approximate surface area is 106 Å². The second kappa shape index (κ2) is 5.72. The summed E-state index contributed by atoms with van der Waals surface area (Å²) >= 11 is 0. The zero-order valence-corrected chi connectivity index (χ0v) is 11.1. The molecule has 0 aliphatic rings. The van der Waals surface area contributed by atoms with Crippen LogP contribution in [0.3, 0.4) is 0 Å². The normalized spacial score (nSPS) is 11.0. The molecule has 1 aromatic rings. The summed E-state index contributed by atoms with van der Waals surface area (Å²) in [6.45, 7) is 1.89. The Hall–Kier alpha value is -1.76. The largest absolute Gasteiger partial charge is 0.484 e. The third kappa shape index (κ3) is 3.92. The highest BCUT2D eigenvalue weighted by molar-refractivity contribution is 7.92. The lowest BCUT2D eigenvalue weighted by atomic mass is 10.3. The summed E-state index contributed by atoms with van der Waals surface area (Å²) in [6.07, 6.45) is 1.15. The summed E-state index contributed by atoms with van der Waals surface area (Å²) < 4.78 is 29.3. The fourth-order valence-corrected chi connectivity index (χ4v) is 2.45. The van der Waals surface area contributed by atoms with E-state index in [2.05, 4.69) is 0 Å². The number of hydrogen-bond donors (Lipinski definition) is 1. The van der Waals surface area contributed by atoms with Gasteiger partial charge in [0.2, 0.25) is 10.0 Å². The van der Waals surface area contributed by atoms with E-state index in [0.717, 1.165) is 6.26 Å². The monoisotopic (exact) mass is 272 g/mol. The van der Waals surface area contributed by atoms with Gasteiger partial charge in [-0.15, -0.1) is 0 Å². The molecule has 0 saturated heterocycles. The first-order valence-corrected chi connectivity index (χ1v) is 7.18. The van der Waals surface area contributed by atoms with Gasteiger partial charge in [-0.2, -0.15) is 0 Å². The van der Waals surface area contributed by atoms with Gasteiger partial charge in [0.15, 0.2) is 6.61 Å². The van der Waals surface area contributed by atoms with Crippen molar-refractivity contribution in [3.05, 3.63) is 24.3 Å². The van der Waals surface area contributed by atoms with Crippen LogP contribution >= 0.6 is 0 Å². The van der Waals surface area contributed by atoms with Gasteiger partial charge < -0.3 is 10.5 Å². The van der Waals surface area contributed by atoms with E-state index in [1.807, 2.05) is 0 Å². The SMILES string of the molecule is CCN(c1ccc(OCC(N)=O)cc1)S(C)(=O)=O. The fraction of sp³-hybridized carbons (Fsp3) is 0.364. The van der Waals surface area contributed by atoms with E-state index in [0.29, 0.717) is 18.0 Å². The summed E-state index contributed by atoms with van der Waals surface area (Å²) in [5.74, 6) is -0.104. The molecular weight excluding hydrogens is 256 g/mol. The highest BCUT2D eigenvalue weighted by atomic mass is 32.2. The van der Waals surface area contributed by atoms with Crippen molar-refractivity contribution in [2.45, 2.75) is 6.92 Å². The summed E-state index contributed by atoms with van der Waals surface area (Å²) in [4.78, 5) is 10.5. The zero-order chi connectivity index (χ0) is 13.8. The fourth-order valence-electron chi connectivity index (χ4n) is 1.47. The summed E-state index contributed by atoms with van der Waals surface area (Å²) in [5.41, 5.74) is 5.49. The second-order valence-corrected chi connectivity index (χ2v) is 5.58. The van der Waals surface area contributed by atoms with Crippen molar-refractivity contribution >= 4 is 21.6 Å². The molecule has 7 heteroatoms. The Morgan fingerprint density at radius 3 is 2.28 bits per heavy atom. The van der Waals surface area contributed by atoms with Crippen molar-refractivity contribution in [3.8, 4) is 5.75 Å². The topological polar surface area (TPSA) is 89.7 Å². The molecule has 0 saturated carbocycles. The third-order valence-electron chi connectivity index (χ3n) is 2.19. The minimum absolute atomic E-state index is 0.205. The van der Waals surface area contributed by atoms with Crippen LogP contribution in [0.15, 0.2) is 24.3 Å². The van der Waals surface area contributed by atoms with Crippen LogP contribution in [0, 0.1) is 0 Å². The van der Waals surface area contributed by atoms with Gasteiger partial charge in [-0.3, -0.25) is 9.10 Å². The highest BCUT2D eigenvalue weighted by Gasteiger charge is 2.14. The lowest BCUT2D eigenvalue weighted by Crippen LogP contribution is -2.29. The number of anilines is 1. The molecule has 1 aromatic carbocycles. The summed E-state index contributed by atoms with van der Waals surface area (Å²) in [5, 5.41) is 0. The van der Waals surface area contributed by atoms with Gasteiger partial charge in [-0.25, -0.2) is 8.42 Å². The number of carbonyl (C=O) groups excluding carboxylic acids is 1. The number of nitrogens with two attached hydrogens (primary N) is 1. The van der Waals surface area contributed by atoms with Gasteiger partial charge in [0, 0.05) is 6.54 Å². The van der Waals surface area contributed by atoms with Crippen molar-refractivity contribution in [1.82, 2.24) is 0 Å². The van der Waals surface area contributed by atoms with Gasteiger partial charge >= 0.3 is 0 Å². The molecule has 100 valence electrons. The molecule has 0 bridgehead atoms. The van der Waals surface area contributed by atoms with Gasteiger partial charge in [-0.1, -0.05) is 0 Å². The van der Waals surface area contributed by atoms with Crippen molar-refractivity contribution in [2.24, 2.45) is 5.73 Å². The number of hydrogen-bond acceptors (Lipinski definition) is 4. The van der Waals surface area contributed by atoms with Gasteiger partial charge in [0.1, 0.15) is 5.75 Å². The average Bonchev–Trinajstić information content (AvgIpc) is 2.27. The van der Waals surface area contributed by atoms with Crippen molar-refractivity contribution in [3.63, 3.8) is 0 Å². The van der Waals surface area contributed by atoms with Crippen molar-refractivity contribution < 1.29 is 17.9 Å². The standard InChI is InChI=1S/C11H16N2O4S/c1-3-13(18(2,15)16)9-4-6-10(7-5-9)17-8-11(12)14/h4-7H,3,8H2,1-2H3,(H2,12,14). The van der Waals surface area contributed by atoms with Crippen LogP contribution in [0.4, 0.5) is 5.69 Å². The third-order valence-corrected chi connectivity index (χ3v) is 3.46. The van der Waals surface area contributed by atoms with Gasteiger partial charge in [0.25, 0.3) is 5.91 Å². The van der Waals surface area contributed by atoms with Gasteiger partial charge in [0.05, 0.1) is 11.9 Å². The molecule has 0 aliphatic heterocycles. The second-order valence-electron chi connectivity index (χ2n) is 3.68. The number of primary amides is 1. The molecule has 0 atom stereocenters. The predicted octanol–water partition coefficient (Wildman–Crippen LogP) is 0.337. The zero-order valence-electron chi connectivity index (χ0n) is 10.3. The van der Waals surface area contributed by atoms with E-state index >= 15 is 0 Å². The number of rotatable bonds is 6. The molecule has 0 aromatic heterocycles. The van der Waals surface area contributed by atoms with E-state index in [4.69, 9.17) is 10.5 Å². The molecule has 1 rings (SSSR count). The first kappa shape index (κ1) is 14.3. The molecule has 18 heavy (non-hydrogen) atoms. The molecule has 0 spiro atoms. The molecule has 0 unspecified atom stereocenters. The first-order valence-electron chi connectivity index (χ1n) is 5.33. The molecular formula is C11H16N2O4S. The van der Waals surface area contributed by atoms with Crippen LogP contribution in [-0.2, 0) is 14.8 Å². The van der Waals surface area contributed by atoms with Crippen molar-refractivity contribution in [1.29, 1.82) is 0 Å². The van der Waals surface area contributed by atoms with E-state index in [1.54, 1.807) is 31.2 Å². The Bertz CT molecular complexity index is 510.